The van der Waals surface area contributed by atoms with Gasteiger partial charge in [0.2, 0.25) is 0 Å². The molecule has 0 aliphatic heterocycles. The molecule has 0 aliphatic carbocycles. The van der Waals surface area contributed by atoms with Crippen LogP contribution in [0.1, 0.15) is 233 Å². The van der Waals surface area contributed by atoms with Gasteiger partial charge in [0.05, 0.1) is 0 Å². The molecule has 0 aromatic heterocycles. The molecule has 342 valence electrons. The fraction of sp³-hybridized carbons (Fsp3) is 0.878. The van der Waals surface area contributed by atoms with Crippen LogP contribution in [0.4, 0.5) is 11.4 Å². The molecule has 4 N–H and O–H groups in total. The van der Waals surface area contributed by atoms with Gasteiger partial charge in [-0.3, -0.25) is 19.2 Å². The van der Waals surface area contributed by atoms with Crippen LogP contribution < -0.4 is 21.5 Å². The summed E-state index contributed by atoms with van der Waals surface area (Å²) in [6.45, 7) is 12.7. The molecule has 1 unspecified atom stereocenters. The molecule has 0 spiro atoms. The zero-order valence-corrected chi connectivity index (χ0v) is 38.7. The molecule has 1 aromatic rings. The number of rotatable bonds is 41. The van der Waals surface area contributed by atoms with Crippen molar-refractivity contribution in [3.8, 4) is 0 Å². The van der Waals surface area contributed by atoms with Gasteiger partial charge in [0.1, 0.15) is 11.4 Å². The van der Waals surface area contributed by atoms with E-state index < -0.39 is 0 Å². The van der Waals surface area contributed by atoms with E-state index in [-0.39, 0.29) is 23.8 Å². The Kier molecular flexibility index (Phi) is 45.4. The maximum atomic E-state index is 12.1. The summed E-state index contributed by atoms with van der Waals surface area (Å²) >= 11 is 0. The summed E-state index contributed by atoms with van der Waals surface area (Å²) in [5, 5.41) is 19.9. The number of anilines is 2. The third-order valence-electron chi connectivity index (χ3n) is 12.0. The van der Waals surface area contributed by atoms with E-state index in [9.17, 15) is 9.59 Å². The predicted molar refractivity (Wildman–Crippen MR) is 251 cm³/mol. The molecule has 1 rings (SSSR count). The van der Waals surface area contributed by atoms with E-state index >= 15 is 0 Å². The molecular weight excluding hydrogens is 727 g/mol. The van der Waals surface area contributed by atoms with Crippen molar-refractivity contribution >= 4 is 24.3 Å². The lowest BCUT2D eigenvalue weighted by Gasteiger charge is -2.23. The van der Waals surface area contributed by atoms with E-state index in [2.05, 4.69) is 43.2 Å². The van der Waals surface area contributed by atoms with Gasteiger partial charge in [-0.1, -0.05) is 220 Å². The maximum Gasteiger partial charge on any atom is 0.290 e. The summed E-state index contributed by atoms with van der Waals surface area (Å²) in [5.41, 5.74) is 0.168. The number of carbonyl (C=O) groups is 2. The molecule has 1 aromatic carbocycles. The third kappa shape index (κ3) is 34.4. The number of hydrogen-bond donors (Lipinski definition) is 4. The summed E-state index contributed by atoms with van der Waals surface area (Å²) in [6, 6.07) is 0. The van der Waals surface area contributed by atoms with E-state index in [0.717, 1.165) is 38.0 Å². The second kappa shape index (κ2) is 45.7. The van der Waals surface area contributed by atoms with Gasteiger partial charge in [-0.2, -0.15) is 0 Å². The Balaban J connectivity index is 0. The van der Waals surface area contributed by atoms with Crippen LogP contribution in [0.15, 0.2) is 9.59 Å². The van der Waals surface area contributed by atoms with Crippen molar-refractivity contribution in [2.75, 3.05) is 43.9 Å². The van der Waals surface area contributed by atoms with Crippen LogP contribution >= 0.6 is 0 Å². The Morgan fingerprint density at radius 1 is 0.466 bits per heavy atom. The first-order valence-corrected chi connectivity index (χ1v) is 24.5. The van der Waals surface area contributed by atoms with Crippen molar-refractivity contribution < 1.29 is 19.8 Å². The lowest BCUT2D eigenvalue weighted by Crippen LogP contribution is -2.38. The van der Waals surface area contributed by atoms with Crippen LogP contribution in [0.3, 0.4) is 0 Å². The van der Waals surface area contributed by atoms with Crippen LogP contribution in [0.5, 0.6) is 0 Å². The number of carboxylic acid groups (broad SMARTS) is 2. The molecule has 9 nitrogen and oxygen atoms in total. The lowest BCUT2D eigenvalue weighted by molar-refractivity contribution is -0.123. The van der Waals surface area contributed by atoms with Crippen LogP contribution in [-0.4, -0.2) is 61.3 Å². The van der Waals surface area contributed by atoms with Crippen LogP contribution in [0, 0.1) is 11.8 Å². The first-order chi connectivity index (χ1) is 28.3. The van der Waals surface area contributed by atoms with Gasteiger partial charge in [0.25, 0.3) is 23.8 Å². The van der Waals surface area contributed by atoms with Crippen molar-refractivity contribution in [2.24, 2.45) is 11.8 Å². The zero-order valence-electron chi connectivity index (χ0n) is 38.7. The highest BCUT2D eigenvalue weighted by atomic mass is 16.3. The van der Waals surface area contributed by atoms with Crippen molar-refractivity contribution in [2.45, 2.75) is 233 Å². The van der Waals surface area contributed by atoms with Crippen molar-refractivity contribution in [1.29, 1.82) is 0 Å². The van der Waals surface area contributed by atoms with Crippen molar-refractivity contribution in [1.82, 2.24) is 4.90 Å². The highest BCUT2D eigenvalue weighted by molar-refractivity contribution is 5.73. The van der Waals surface area contributed by atoms with Gasteiger partial charge in [0.15, 0.2) is 0 Å². The lowest BCUT2D eigenvalue weighted by atomic mass is 9.89. The average Bonchev–Trinajstić information content (AvgIpc) is 3.22. The minimum Gasteiger partial charge on any atom is -0.483 e. The van der Waals surface area contributed by atoms with Gasteiger partial charge in [-0.15, -0.1) is 0 Å². The molecule has 0 heterocycles. The summed E-state index contributed by atoms with van der Waals surface area (Å²) in [4.78, 5) is 43.2. The molecular formula is C49H95N3O6. The third-order valence-corrected chi connectivity index (χ3v) is 12.0. The fourth-order valence-corrected chi connectivity index (χ4v) is 8.34. The first kappa shape index (κ1) is 57.7. The van der Waals surface area contributed by atoms with Gasteiger partial charge in [-0.25, -0.2) is 0 Å². The zero-order chi connectivity index (χ0) is 43.3. The largest absolute Gasteiger partial charge is 0.483 e. The van der Waals surface area contributed by atoms with Crippen LogP contribution in [0.2, 0.25) is 0 Å². The van der Waals surface area contributed by atoms with Gasteiger partial charge in [-0.05, 0) is 37.8 Å². The van der Waals surface area contributed by atoms with Gasteiger partial charge in [0, 0.05) is 20.1 Å². The molecule has 0 saturated heterocycles. The molecule has 1 atom stereocenters. The smallest absolute Gasteiger partial charge is 0.290 e. The number of nitrogens with zero attached hydrogens (tertiary/aromatic N) is 1. The molecule has 0 fully saturated rings. The van der Waals surface area contributed by atoms with Gasteiger partial charge < -0.3 is 25.7 Å². The summed E-state index contributed by atoms with van der Waals surface area (Å²) in [6.07, 6.45) is 44.7. The summed E-state index contributed by atoms with van der Waals surface area (Å²) in [7, 11) is 1.72. The Morgan fingerprint density at radius 2 is 0.776 bits per heavy atom. The van der Waals surface area contributed by atoms with E-state index in [4.69, 9.17) is 19.8 Å². The average molecular weight is 822 g/mol. The van der Waals surface area contributed by atoms with E-state index in [1.165, 1.54) is 205 Å². The molecule has 0 aliphatic rings. The topological polar surface area (TPSA) is 136 Å². The molecule has 0 amide bonds. The summed E-state index contributed by atoms with van der Waals surface area (Å²) < 4.78 is 0. The fourth-order valence-electron chi connectivity index (χ4n) is 8.34. The predicted octanol–water partition coefficient (Wildman–Crippen LogP) is 13.2. The highest BCUT2D eigenvalue weighted by Crippen LogP contribution is 2.25. The molecule has 0 bridgehead atoms. The molecule has 0 saturated carbocycles. The van der Waals surface area contributed by atoms with Crippen molar-refractivity contribution in [3.05, 3.63) is 20.4 Å². The van der Waals surface area contributed by atoms with E-state index in [1.807, 2.05) is 0 Å². The Hall–Kier alpha value is -2.42. The standard InChI is InChI=1S/C47H91N3O2.2CH2O2/c1-6-10-13-16-20-28-35-43(36-29-21-17-14-11-7-2)37-30-23-19-25-32-40-50(41-38-49-45-44(48-5)46(51)47(45)52)39-31-24-18-22-27-34-42(9-4)33-26-15-12-8-3;2*2-1-3/h42-43,48-49H,6-41H2,1-5H3;2*1H,(H,2,3). The van der Waals surface area contributed by atoms with Crippen LogP contribution in [-0.2, 0) is 9.59 Å². The maximum absolute atomic E-state index is 12.1. The van der Waals surface area contributed by atoms with E-state index in [1.54, 1.807) is 7.05 Å². The minimum absolute atomic E-state index is 0.250. The van der Waals surface area contributed by atoms with Crippen LogP contribution in [0.25, 0.3) is 0 Å². The quantitative estimate of drug-likeness (QED) is 0.0289. The number of nitrogens with one attached hydrogen (secondary N) is 2. The Labute approximate surface area is 357 Å². The number of unbranched alkanes of at least 4 members (excludes halogenated alkanes) is 21. The van der Waals surface area contributed by atoms with Crippen molar-refractivity contribution in [3.63, 3.8) is 0 Å². The minimum atomic E-state index is -0.389. The molecule has 0 radical (unpaired) electrons. The normalized spacial score (nSPS) is 11.6. The molecule has 58 heavy (non-hydrogen) atoms. The Morgan fingerprint density at radius 3 is 1.14 bits per heavy atom. The van der Waals surface area contributed by atoms with Gasteiger partial charge >= 0.3 is 0 Å². The monoisotopic (exact) mass is 822 g/mol. The van der Waals surface area contributed by atoms with E-state index in [0.29, 0.717) is 11.4 Å². The second-order valence-corrected chi connectivity index (χ2v) is 16.9. The number of hydrogen-bond acceptors (Lipinski definition) is 7. The second-order valence-electron chi connectivity index (χ2n) is 16.9. The summed E-state index contributed by atoms with van der Waals surface area (Å²) in [5.74, 6) is 1.90. The SMILES string of the molecule is CCCCCCCCC(CCCCCCCC)CCCCCCCN(CCCCCCCC(CC)CCCCCC)CCNc1c(NC)c(=O)c1=O.O=CO.O=CO. The highest BCUT2D eigenvalue weighted by Gasteiger charge is 2.19. The first-order valence-electron chi connectivity index (χ1n) is 24.5. The Bertz CT molecular complexity index is 1050. The molecule has 9 heteroatoms.